The quantitative estimate of drug-likeness (QED) is 0.825. The van der Waals surface area contributed by atoms with E-state index in [-0.39, 0.29) is 30.8 Å². The standard InChI is InChI=1S/C18H27N3O3/c1-3-4-7-14-12-21(15-8-5-6-9-16(15)24-2)18(23)13-20(14)17(22)10-11-19/h5-6,8-9,14H,3-4,7,10-13,19H2,1-2H3. The molecule has 0 bridgehead atoms. The Bertz CT molecular complexity index is 576. The Kier molecular flexibility index (Phi) is 6.61. The molecule has 1 aliphatic heterocycles. The number of carbonyl (C=O) groups is 2. The number of methoxy groups -OCH3 is 1. The van der Waals surface area contributed by atoms with Crippen molar-refractivity contribution in [1.82, 2.24) is 4.90 Å². The molecular weight excluding hydrogens is 306 g/mol. The summed E-state index contributed by atoms with van der Waals surface area (Å²) in [5, 5.41) is 0. The van der Waals surface area contributed by atoms with Gasteiger partial charge in [0.2, 0.25) is 11.8 Å². The topological polar surface area (TPSA) is 75.9 Å². The van der Waals surface area contributed by atoms with Gasteiger partial charge in [0, 0.05) is 19.5 Å². The highest BCUT2D eigenvalue weighted by Gasteiger charge is 2.35. The number of amides is 2. The minimum absolute atomic E-state index is 0.0200. The Morgan fingerprint density at radius 2 is 2.12 bits per heavy atom. The van der Waals surface area contributed by atoms with Gasteiger partial charge in [-0.05, 0) is 18.6 Å². The third kappa shape index (κ3) is 4.06. The molecule has 0 aliphatic carbocycles. The first kappa shape index (κ1) is 18.3. The lowest BCUT2D eigenvalue weighted by Crippen LogP contribution is -2.58. The van der Waals surface area contributed by atoms with Gasteiger partial charge in [0.05, 0.1) is 18.8 Å². The van der Waals surface area contributed by atoms with Crippen molar-refractivity contribution in [2.75, 3.05) is 31.6 Å². The first-order valence-corrected chi connectivity index (χ1v) is 8.55. The molecule has 0 spiro atoms. The smallest absolute Gasteiger partial charge is 0.246 e. The van der Waals surface area contributed by atoms with Crippen molar-refractivity contribution in [2.45, 2.75) is 38.6 Å². The summed E-state index contributed by atoms with van der Waals surface area (Å²) in [5.41, 5.74) is 6.27. The predicted octanol–water partition coefficient (Wildman–Crippen LogP) is 1.78. The number of para-hydroxylation sites is 2. The lowest BCUT2D eigenvalue weighted by molar-refractivity contribution is -0.139. The highest BCUT2D eigenvalue weighted by atomic mass is 16.5. The van der Waals surface area contributed by atoms with Crippen LogP contribution in [0.15, 0.2) is 24.3 Å². The van der Waals surface area contributed by atoms with Gasteiger partial charge in [0.15, 0.2) is 0 Å². The zero-order valence-electron chi connectivity index (χ0n) is 14.5. The Balaban J connectivity index is 2.24. The molecule has 6 nitrogen and oxygen atoms in total. The van der Waals surface area contributed by atoms with Crippen molar-refractivity contribution < 1.29 is 14.3 Å². The number of anilines is 1. The number of hydrogen-bond donors (Lipinski definition) is 1. The second-order valence-electron chi connectivity index (χ2n) is 6.03. The van der Waals surface area contributed by atoms with Crippen LogP contribution in [0.5, 0.6) is 5.75 Å². The highest BCUT2D eigenvalue weighted by molar-refractivity contribution is 5.99. The molecule has 1 fully saturated rings. The molecule has 24 heavy (non-hydrogen) atoms. The van der Waals surface area contributed by atoms with E-state index >= 15 is 0 Å². The molecule has 2 N–H and O–H groups in total. The molecule has 1 atom stereocenters. The molecule has 1 heterocycles. The largest absolute Gasteiger partial charge is 0.495 e. The maximum Gasteiger partial charge on any atom is 0.246 e. The van der Waals surface area contributed by atoms with Crippen LogP contribution in [0.1, 0.15) is 32.6 Å². The fourth-order valence-corrected chi connectivity index (χ4v) is 3.10. The van der Waals surface area contributed by atoms with Gasteiger partial charge < -0.3 is 20.3 Å². The van der Waals surface area contributed by atoms with Crippen LogP contribution >= 0.6 is 0 Å². The van der Waals surface area contributed by atoms with Crippen molar-refractivity contribution in [2.24, 2.45) is 5.73 Å². The minimum atomic E-state index is -0.0855. The Morgan fingerprint density at radius 1 is 1.38 bits per heavy atom. The molecule has 2 amide bonds. The summed E-state index contributed by atoms with van der Waals surface area (Å²) in [7, 11) is 1.60. The van der Waals surface area contributed by atoms with E-state index in [4.69, 9.17) is 10.5 Å². The van der Waals surface area contributed by atoms with Crippen molar-refractivity contribution in [3.63, 3.8) is 0 Å². The summed E-state index contributed by atoms with van der Waals surface area (Å²) in [6.07, 6.45) is 3.24. The van der Waals surface area contributed by atoms with Crippen LogP contribution in [0.4, 0.5) is 5.69 Å². The van der Waals surface area contributed by atoms with Gasteiger partial charge >= 0.3 is 0 Å². The van der Waals surface area contributed by atoms with Crippen LogP contribution in [0.3, 0.4) is 0 Å². The summed E-state index contributed by atoms with van der Waals surface area (Å²) in [6, 6.07) is 7.51. The first-order valence-electron chi connectivity index (χ1n) is 8.55. The van der Waals surface area contributed by atoms with Crippen LogP contribution in [-0.4, -0.2) is 49.5 Å². The lowest BCUT2D eigenvalue weighted by atomic mass is 10.0. The Hall–Kier alpha value is -2.08. The van der Waals surface area contributed by atoms with E-state index in [9.17, 15) is 9.59 Å². The average molecular weight is 333 g/mol. The van der Waals surface area contributed by atoms with Crippen molar-refractivity contribution >= 4 is 17.5 Å². The van der Waals surface area contributed by atoms with E-state index in [1.807, 2.05) is 24.3 Å². The molecule has 1 saturated heterocycles. The predicted molar refractivity (Wildman–Crippen MR) is 94.0 cm³/mol. The third-order valence-electron chi connectivity index (χ3n) is 4.39. The van der Waals surface area contributed by atoms with Crippen LogP contribution in [-0.2, 0) is 9.59 Å². The van der Waals surface area contributed by atoms with Gasteiger partial charge in [-0.2, -0.15) is 0 Å². The fraction of sp³-hybridized carbons (Fsp3) is 0.556. The zero-order valence-corrected chi connectivity index (χ0v) is 14.5. The van der Waals surface area contributed by atoms with Crippen LogP contribution in [0.25, 0.3) is 0 Å². The summed E-state index contributed by atoms with van der Waals surface area (Å²) in [6.45, 7) is 3.03. The molecular formula is C18H27N3O3. The van der Waals surface area contributed by atoms with Gasteiger partial charge in [-0.3, -0.25) is 9.59 Å². The summed E-state index contributed by atoms with van der Waals surface area (Å²) in [4.78, 5) is 28.4. The summed E-state index contributed by atoms with van der Waals surface area (Å²) < 4.78 is 5.39. The maximum atomic E-state index is 12.6. The van der Waals surface area contributed by atoms with E-state index in [1.165, 1.54) is 0 Å². The van der Waals surface area contributed by atoms with Crippen molar-refractivity contribution in [3.05, 3.63) is 24.3 Å². The molecule has 0 aromatic heterocycles. The number of piperazine rings is 1. The minimum Gasteiger partial charge on any atom is -0.495 e. The maximum absolute atomic E-state index is 12.6. The van der Waals surface area contributed by atoms with E-state index in [0.29, 0.717) is 18.8 Å². The molecule has 1 aromatic rings. The van der Waals surface area contributed by atoms with Gasteiger partial charge in [-0.1, -0.05) is 31.9 Å². The van der Waals surface area contributed by atoms with Crippen LogP contribution in [0.2, 0.25) is 0 Å². The SMILES string of the molecule is CCCCC1CN(c2ccccc2OC)C(=O)CN1C(=O)CCN. The van der Waals surface area contributed by atoms with E-state index in [2.05, 4.69) is 6.92 Å². The lowest BCUT2D eigenvalue weighted by Gasteiger charge is -2.41. The van der Waals surface area contributed by atoms with Gasteiger partial charge in [0.25, 0.3) is 0 Å². The number of benzene rings is 1. The van der Waals surface area contributed by atoms with Crippen LogP contribution in [0, 0.1) is 0 Å². The number of hydrogen-bond acceptors (Lipinski definition) is 4. The van der Waals surface area contributed by atoms with E-state index in [1.54, 1.807) is 16.9 Å². The second-order valence-corrected chi connectivity index (χ2v) is 6.03. The van der Waals surface area contributed by atoms with Crippen LogP contribution < -0.4 is 15.4 Å². The fourth-order valence-electron chi connectivity index (χ4n) is 3.10. The third-order valence-corrected chi connectivity index (χ3v) is 4.39. The number of nitrogens with zero attached hydrogens (tertiary/aromatic N) is 2. The zero-order chi connectivity index (χ0) is 17.5. The Morgan fingerprint density at radius 3 is 2.79 bits per heavy atom. The van der Waals surface area contributed by atoms with Gasteiger partial charge in [0.1, 0.15) is 12.3 Å². The number of nitrogens with two attached hydrogens (primary N) is 1. The number of carbonyl (C=O) groups excluding carboxylic acids is 2. The normalized spacial score (nSPS) is 18.0. The molecule has 1 aliphatic rings. The monoisotopic (exact) mass is 333 g/mol. The molecule has 2 rings (SSSR count). The molecule has 1 unspecified atom stereocenters. The summed E-state index contributed by atoms with van der Waals surface area (Å²) >= 11 is 0. The number of ether oxygens (including phenoxy) is 1. The van der Waals surface area contributed by atoms with Gasteiger partial charge in [-0.15, -0.1) is 0 Å². The van der Waals surface area contributed by atoms with Gasteiger partial charge in [-0.25, -0.2) is 0 Å². The molecule has 1 aromatic carbocycles. The Labute approximate surface area is 143 Å². The molecule has 132 valence electrons. The van der Waals surface area contributed by atoms with E-state index < -0.39 is 0 Å². The summed E-state index contributed by atoms with van der Waals surface area (Å²) in [5.74, 6) is 0.547. The number of rotatable bonds is 7. The van der Waals surface area contributed by atoms with E-state index in [0.717, 1.165) is 24.9 Å². The molecule has 0 saturated carbocycles. The highest BCUT2D eigenvalue weighted by Crippen LogP contribution is 2.31. The average Bonchev–Trinajstić information content (AvgIpc) is 2.60. The van der Waals surface area contributed by atoms with Crippen molar-refractivity contribution in [1.29, 1.82) is 0 Å². The number of unbranched alkanes of at least 4 members (excludes halogenated alkanes) is 1. The second kappa shape index (κ2) is 8.68. The first-order chi connectivity index (χ1) is 11.6. The molecule has 0 radical (unpaired) electrons. The van der Waals surface area contributed by atoms with Crippen molar-refractivity contribution in [3.8, 4) is 5.75 Å². The molecule has 6 heteroatoms.